The summed E-state index contributed by atoms with van der Waals surface area (Å²) in [6.07, 6.45) is 4.56. The zero-order chi connectivity index (χ0) is 22.4. The number of hydroxylamine groups is 2. The Kier molecular flexibility index (Phi) is 8.03. The van der Waals surface area contributed by atoms with Gasteiger partial charge in [0.05, 0.1) is 25.7 Å². The van der Waals surface area contributed by atoms with Gasteiger partial charge in [0, 0.05) is 13.0 Å². The quantitative estimate of drug-likeness (QED) is 0.267. The van der Waals surface area contributed by atoms with Crippen LogP contribution in [0.1, 0.15) is 51.9 Å². The Labute approximate surface area is 181 Å². The van der Waals surface area contributed by atoms with E-state index < -0.39 is 24.0 Å². The Morgan fingerprint density at radius 2 is 2.03 bits per heavy atom. The molecule has 0 unspecified atom stereocenters. The number of hydrogen-bond acceptors (Lipinski definition) is 7. The summed E-state index contributed by atoms with van der Waals surface area (Å²) in [5.41, 5.74) is 2.01. The number of carbonyl (C=O) groups is 4. The van der Waals surface area contributed by atoms with Crippen LogP contribution in [0.25, 0.3) is 0 Å². The highest BCUT2D eigenvalue weighted by Gasteiger charge is 2.39. The van der Waals surface area contributed by atoms with Crippen LogP contribution in [0.5, 0.6) is 0 Å². The molecule has 0 aromatic carbocycles. The van der Waals surface area contributed by atoms with E-state index in [4.69, 9.17) is 9.47 Å². The second-order valence-electron chi connectivity index (χ2n) is 8.34. The van der Waals surface area contributed by atoms with Gasteiger partial charge in [-0.2, -0.15) is 0 Å². The van der Waals surface area contributed by atoms with Crippen LogP contribution >= 0.6 is 0 Å². The van der Waals surface area contributed by atoms with Crippen molar-refractivity contribution in [2.45, 2.75) is 64.0 Å². The number of amides is 4. The number of nitrogens with one attached hydrogen (secondary N) is 1. The van der Waals surface area contributed by atoms with Gasteiger partial charge in [0.15, 0.2) is 0 Å². The van der Waals surface area contributed by atoms with Crippen LogP contribution in [-0.4, -0.2) is 77.9 Å². The fraction of sp³-hybridized carbons (Fsp3) is 0.714. The summed E-state index contributed by atoms with van der Waals surface area (Å²) in [4.78, 5) is 50.6. The van der Waals surface area contributed by atoms with Crippen LogP contribution in [0.15, 0.2) is 11.1 Å². The minimum absolute atomic E-state index is 0.174. The van der Waals surface area contributed by atoms with Gasteiger partial charge in [0.1, 0.15) is 12.1 Å². The largest absolute Gasteiger partial charge is 0.443 e. The zero-order valence-corrected chi connectivity index (χ0v) is 17.9. The molecule has 0 radical (unpaired) electrons. The first kappa shape index (κ1) is 23.2. The highest BCUT2D eigenvalue weighted by atomic mass is 16.6. The second kappa shape index (κ2) is 10.7. The maximum atomic E-state index is 13.4. The normalized spacial score (nSPS) is 24.1. The van der Waals surface area contributed by atoms with Crippen molar-refractivity contribution in [3.63, 3.8) is 0 Å². The van der Waals surface area contributed by atoms with Gasteiger partial charge < -0.3 is 14.4 Å². The lowest BCUT2D eigenvalue weighted by Gasteiger charge is -2.30. The minimum atomic E-state index is -0.844. The summed E-state index contributed by atoms with van der Waals surface area (Å²) in [7, 11) is 0. The summed E-state index contributed by atoms with van der Waals surface area (Å²) in [5.74, 6) is -1.65. The van der Waals surface area contributed by atoms with Gasteiger partial charge in [-0.05, 0) is 45.4 Å². The minimum Gasteiger partial charge on any atom is -0.443 e. The molecule has 2 saturated heterocycles. The molecular weight excluding hydrogens is 406 g/mol. The van der Waals surface area contributed by atoms with Gasteiger partial charge in [-0.25, -0.2) is 9.86 Å². The molecule has 10 heteroatoms. The number of imide groups is 1. The molecule has 2 aliphatic heterocycles. The van der Waals surface area contributed by atoms with Crippen molar-refractivity contribution < 1.29 is 33.9 Å². The molecule has 2 heterocycles. The van der Waals surface area contributed by atoms with E-state index in [1.165, 1.54) is 10.5 Å². The lowest BCUT2D eigenvalue weighted by Crippen LogP contribution is -2.51. The topological polar surface area (TPSA) is 125 Å². The fourth-order valence-electron chi connectivity index (χ4n) is 4.55. The summed E-state index contributed by atoms with van der Waals surface area (Å²) < 4.78 is 10.3. The Morgan fingerprint density at radius 3 is 2.68 bits per heavy atom. The molecule has 10 nitrogen and oxygen atoms in total. The number of hydrogen-bond donors (Lipinski definition) is 2. The summed E-state index contributed by atoms with van der Waals surface area (Å²) >= 11 is 0. The van der Waals surface area contributed by atoms with Gasteiger partial charge >= 0.3 is 6.09 Å². The van der Waals surface area contributed by atoms with E-state index in [1.54, 1.807) is 0 Å². The summed E-state index contributed by atoms with van der Waals surface area (Å²) in [5, 5.41) is 12.5. The monoisotopic (exact) mass is 437 g/mol. The maximum Gasteiger partial charge on any atom is 0.414 e. The number of carbonyl (C=O) groups excluding carboxylic acids is 4. The number of allylic oxidation sites excluding steroid dienone is 1. The van der Waals surface area contributed by atoms with Crippen molar-refractivity contribution in [1.29, 1.82) is 0 Å². The van der Waals surface area contributed by atoms with Crippen LogP contribution < -0.4 is 5.32 Å². The lowest BCUT2D eigenvalue weighted by atomic mass is 9.92. The van der Waals surface area contributed by atoms with E-state index in [0.29, 0.717) is 44.1 Å². The molecule has 3 fully saturated rings. The first-order chi connectivity index (χ1) is 14.9. The van der Waals surface area contributed by atoms with E-state index in [0.717, 1.165) is 31.3 Å². The van der Waals surface area contributed by atoms with E-state index in [9.17, 15) is 24.4 Å². The van der Waals surface area contributed by atoms with Gasteiger partial charge in [0.2, 0.25) is 12.3 Å². The SMILES string of the molecule is CC(=C1CCCC1)[C@H](CN(O)C=O)C(=O)N1CCC[C@H]1C(=O)NC(=O)O[C@H]1CCOC1. The number of alkyl carbamates (subject to hydrolysis) is 1. The predicted molar refractivity (Wildman–Crippen MR) is 108 cm³/mol. The first-order valence-electron chi connectivity index (χ1n) is 10.9. The summed E-state index contributed by atoms with van der Waals surface area (Å²) in [6, 6.07) is -0.799. The van der Waals surface area contributed by atoms with E-state index in [1.807, 2.05) is 6.92 Å². The van der Waals surface area contributed by atoms with Gasteiger partial charge in [-0.3, -0.25) is 24.9 Å². The van der Waals surface area contributed by atoms with Crippen LogP contribution in [-0.2, 0) is 23.9 Å². The second-order valence-corrected chi connectivity index (χ2v) is 8.34. The highest BCUT2D eigenvalue weighted by molar-refractivity contribution is 5.97. The molecule has 172 valence electrons. The molecule has 3 aliphatic rings. The molecule has 31 heavy (non-hydrogen) atoms. The molecule has 1 saturated carbocycles. The van der Waals surface area contributed by atoms with E-state index >= 15 is 0 Å². The Hall–Kier alpha value is -2.46. The average molecular weight is 437 g/mol. The number of likely N-dealkylation sites (tertiary alicyclic amines) is 1. The Morgan fingerprint density at radius 1 is 1.29 bits per heavy atom. The Bertz CT molecular complexity index is 724. The number of rotatable bonds is 7. The third-order valence-electron chi connectivity index (χ3n) is 6.30. The molecule has 4 amide bonds. The molecule has 1 aliphatic carbocycles. The first-order valence-corrected chi connectivity index (χ1v) is 10.9. The molecule has 0 aromatic rings. The lowest BCUT2D eigenvalue weighted by molar-refractivity contribution is -0.156. The molecule has 0 spiro atoms. The van der Waals surface area contributed by atoms with Gasteiger partial charge in [-0.15, -0.1) is 0 Å². The highest BCUT2D eigenvalue weighted by Crippen LogP contribution is 2.32. The number of ether oxygens (including phenoxy) is 2. The predicted octanol–water partition coefficient (Wildman–Crippen LogP) is 1.37. The standard InChI is InChI=1S/C21H31N3O7/c1-14(15-5-2-3-6-15)17(11-23(29)13-25)20(27)24-9-4-7-18(24)19(26)22-21(28)31-16-8-10-30-12-16/h13,16-18,29H,2-12H2,1H3,(H,22,26,28)/t16-,17-,18-/m0/s1. The van der Waals surface area contributed by atoms with Crippen LogP contribution in [0.4, 0.5) is 4.79 Å². The van der Waals surface area contributed by atoms with Crippen molar-refractivity contribution >= 4 is 24.3 Å². The molecule has 0 bridgehead atoms. The maximum absolute atomic E-state index is 13.4. The van der Waals surface area contributed by atoms with Crippen LogP contribution in [0.3, 0.4) is 0 Å². The van der Waals surface area contributed by atoms with Gasteiger partial charge in [0.25, 0.3) is 5.91 Å². The fourth-order valence-corrected chi connectivity index (χ4v) is 4.55. The van der Waals surface area contributed by atoms with Crippen LogP contribution in [0.2, 0.25) is 0 Å². The zero-order valence-electron chi connectivity index (χ0n) is 17.9. The van der Waals surface area contributed by atoms with Crippen molar-refractivity contribution in [1.82, 2.24) is 15.3 Å². The molecule has 3 rings (SSSR count). The third kappa shape index (κ3) is 5.82. The van der Waals surface area contributed by atoms with E-state index in [-0.39, 0.29) is 25.0 Å². The summed E-state index contributed by atoms with van der Waals surface area (Å²) in [6.45, 7) is 2.86. The molecule has 0 aromatic heterocycles. The van der Waals surface area contributed by atoms with Gasteiger partial charge in [-0.1, -0.05) is 11.1 Å². The van der Waals surface area contributed by atoms with E-state index in [2.05, 4.69) is 5.32 Å². The number of nitrogens with zero attached hydrogens (tertiary/aromatic N) is 2. The van der Waals surface area contributed by atoms with Crippen molar-refractivity contribution in [2.24, 2.45) is 5.92 Å². The van der Waals surface area contributed by atoms with Crippen molar-refractivity contribution in [3.05, 3.63) is 11.1 Å². The van der Waals surface area contributed by atoms with Crippen molar-refractivity contribution in [2.75, 3.05) is 26.3 Å². The third-order valence-corrected chi connectivity index (χ3v) is 6.30. The molecular formula is C21H31N3O7. The average Bonchev–Trinajstić information content (AvgIpc) is 3.52. The van der Waals surface area contributed by atoms with Crippen LogP contribution in [0, 0.1) is 5.92 Å². The van der Waals surface area contributed by atoms with Crippen molar-refractivity contribution in [3.8, 4) is 0 Å². The molecule has 3 atom stereocenters. The molecule has 2 N–H and O–H groups in total. The Balaban J connectivity index is 1.69. The smallest absolute Gasteiger partial charge is 0.414 e.